The molecule has 7 heteroatoms. The summed E-state index contributed by atoms with van der Waals surface area (Å²) in [5, 5.41) is 2.76. The lowest BCUT2D eigenvalue weighted by Gasteiger charge is -2.16. The average Bonchev–Trinajstić information content (AvgIpc) is 2.66. The fourth-order valence-electron chi connectivity index (χ4n) is 2.55. The Kier molecular flexibility index (Phi) is 6.98. The number of rotatable bonds is 6. The van der Waals surface area contributed by atoms with E-state index in [1.165, 1.54) is 30.2 Å². The molecule has 0 radical (unpaired) electrons. The summed E-state index contributed by atoms with van der Waals surface area (Å²) in [6.45, 7) is 1.79. The van der Waals surface area contributed by atoms with E-state index in [0.717, 1.165) is 30.2 Å². The molecule has 0 aliphatic heterocycles. The van der Waals surface area contributed by atoms with Crippen LogP contribution >= 0.6 is 0 Å². The molecule has 2 aromatic carbocycles. The second kappa shape index (κ2) is 9.21. The molecule has 2 amide bonds. The Hall–Kier alpha value is -3.09. The first-order valence-electron chi connectivity index (χ1n) is 8.69. The van der Waals surface area contributed by atoms with Crippen LogP contribution in [0.3, 0.4) is 0 Å². The van der Waals surface area contributed by atoms with Gasteiger partial charge in [-0.15, -0.1) is 0 Å². The van der Waals surface area contributed by atoms with Gasteiger partial charge in [0.2, 0.25) is 11.8 Å². The summed E-state index contributed by atoms with van der Waals surface area (Å²) in [6, 6.07) is 12.0. The monoisotopic (exact) mass is 390 g/mol. The first-order chi connectivity index (χ1) is 13.2. The second-order valence-corrected chi connectivity index (χ2v) is 6.21. The van der Waals surface area contributed by atoms with Gasteiger partial charge in [-0.05, 0) is 41.8 Å². The Morgan fingerprint density at radius 3 is 2.50 bits per heavy atom. The van der Waals surface area contributed by atoms with Crippen LogP contribution in [0.4, 0.5) is 18.9 Å². The number of nitrogens with zero attached hydrogens (tertiary/aromatic N) is 1. The Morgan fingerprint density at radius 2 is 1.82 bits per heavy atom. The van der Waals surface area contributed by atoms with Crippen LogP contribution in [-0.2, 0) is 22.2 Å². The third-order valence-electron chi connectivity index (χ3n) is 4.06. The first kappa shape index (κ1) is 21.2. The van der Waals surface area contributed by atoms with Crippen molar-refractivity contribution in [1.29, 1.82) is 0 Å². The van der Waals surface area contributed by atoms with Crippen LogP contribution in [0.15, 0.2) is 54.6 Å². The molecule has 0 aliphatic carbocycles. The van der Waals surface area contributed by atoms with E-state index in [9.17, 15) is 22.8 Å². The first-order valence-corrected chi connectivity index (χ1v) is 8.69. The van der Waals surface area contributed by atoms with Gasteiger partial charge in [0, 0.05) is 18.8 Å². The summed E-state index contributed by atoms with van der Waals surface area (Å²) in [7, 11) is 1.45. The number of alkyl halides is 3. The van der Waals surface area contributed by atoms with E-state index >= 15 is 0 Å². The molecule has 0 spiro atoms. The van der Waals surface area contributed by atoms with Crippen molar-refractivity contribution in [3.8, 4) is 0 Å². The summed E-state index contributed by atoms with van der Waals surface area (Å²) in [5.41, 5.74) is 1.13. The number of benzene rings is 2. The number of halogens is 3. The van der Waals surface area contributed by atoms with Gasteiger partial charge < -0.3 is 10.2 Å². The Balaban J connectivity index is 1.97. The van der Waals surface area contributed by atoms with Crippen LogP contribution in [0.25, 0.3) is 6.08 Å². The molecule has 4 nitrogen and oxygen atoms in total. The standard InChI is InChI=1S/C21H21F3N2O2/c1-3-16-8-4-5-10-18(16)25-19(27)14-26(2)20(28)12-11-15-7-6-9-17(13-15)21(22,23)24/h4-13H,3,14H2,1-2H3,(H,25,27). The Labute approximate surface area is 161 Å². The van der Waals surface area contributed by atoms with Crippen LogP contribution in [-0.4, -0.2) is 30.3 Å². The predicted molar refractivity (Wildman–Crippen MR) is 103 cm³/mol. The summed E-state index contributed by atoms with van der Waals surface area (Å²) in [4.78, 5) is 25.5. The molecule has 0 saturated heterocycles. The van der Waals surface area contributed by atoms with E-state index in [-0.39, 0.29) is 18.0 Å². The van der Waals surface area contributed by atoms with Gasteiger partial charge in [0.25, 0.3) is 0 Å². The van der Waals surface area contributed by atoms with Crippen molar-refractivity contribution in [1.82, 2.24) is 4.90 Å². The minimum Gasteiger partial charge on any atom is -0.333 e. The molecule has 2 aromatic rings. The average molecular weight is 390 g/mol. The van der Waals surface area contributed by atoms with E-state index in [4.69, 9.17) is 0 Å². The lowest BCUT2D eigenvalue weighted by molar-refractivity contribution is -0.137. The van der Waals surface area contributed by atoms with Crippen molar-refractivity contribution in [2.45, 2.75) is 19.5 Å². The lowest BCUT2D eigenvalue weighted by Crippen LogP contribution is -2.34. The van der Waals surface area contributed by atoms with E-state index in [1.54, 1.807) is 12.1 Å². The van der Waals surface area contributed by atoms with E-state index in [1.807, 2.05) is 19.1 Å². The topological polar surface area (TPSA) is 49.4 Å². The number of anilines is 1. The number of para-hydroxylation sites is 1. The SMILES string of the molecule is CCc1ccccc1NC(=O)CN(C)C(=O)C=Cc1cccc(C(F)(F)F)c1. The molecule has 0 bridgehead atoms. The zero-order valence-electron chi connectivity index (χ0n) is 15.6. The number of carbonyl (C=O) groups excluding carboxylic acids is 2. The maximum Gasteiger partial charge on any atom is 0.416 e. The molecular formula is C21H21F3N2O2. The number of nitrogens with one attached hydrogen (secondary N) is 1. The largest absolute Gasteiger partial charge is 0.416 e. The molecule has 0 unspecified atom stereocenters. The molecule has 148 valence electrons. The number of likely N-dealkylation sites (N-methyl/N-ethyl adjacent to an activating group) is 1. The summed E-state index contributed by atoms with van der Waals surface area (Å²) < 4.78 is 38.2. The number of carbonyl (C=O) groups is 2. The van der Waals surface area contributed by atoms with Crippen molar-refractivity contribution in [2.75, 3.05) is 18.9 Å². The second-order valence-electron chi connectivity index (χ2n) is 6.21. The predicted octanol–water partition coefficient (Wildman–Crippen LogP) is 4.38. The van der Waals surface area contributed by atoms with Gasteiger partial charge in [0.05, 0.1) is 12.1 Å². The highest BCUT2D eigenvalue weighted by atomic mass is 19.4. The van der Waals surface area contributed by atoms with Crippen LogP contribution < -0.4 is 5.32 Å². The molecule has 0 heterocycles. The summed E-state index contributed by atoms with van der Waals surface area (Å²) in [5.74, 6) is -0.847. The van der Waals surface area contributed by atoms with Crippen molar-refractivity contribution >= 4 is 23.6 Å². The molecule has 28 heavy (non-hydrogen) atoms. The zero-order valence-corrected chi connectivity index (χ0v) is 15.6. The normalized spacial score (nSPS) is 11.5. The molecule has 0 atom stereocenters. The maximum absolute atomic E-state index is 12.7. The quantitative estimate of drug-likeness (QED) is 0.745. The van der Waals surface area contributed by atoms with Gasteiger partial charge in [-0.25, -0.2) is 0 Å². The van der Waals surface area contributed by atoms with Crippen molar-refractivity contribution in [3.63, 3.8) is 0 Å². The Bertz CT molecular complexity index is 876. The molecule has 1 N–H and O–H groups in total. The van der Waals surface area contributed by atoms with E-state index < -0.39 is 17.6 Å². The number of aryl methyl sites for hydroxylation is 1. The van der Waals surface area contributed by atoms with Crippen LogP contribution in [0.5, 0.6) is 0 Å². The molecular weight excluding hydrogens is 369 g/mol. The molecule has 0 aromatic heterocycles. The fourth-order valence-corrected chi connectivity index (χ4v) is 2.55. The number of amides is 2. The van der Waals surface area contributed by atoms with Crippen LogP contribution in [0.2, 0.25) is 0 Å². The van der Waals surface area contributed by atoms with Crippen LogP contribution in [0, 0.1) is 0 Å². The van der Waals surface area contributed by atoms with Gasteiger partial charge in [0.1, 0.15) is 0 Å². The zero-order chi connectivity index (χ0) is 20.7. The van der Waals surface area contributed by atoms with Crippen molar-refractivity contribution in [2.24, 2.45) is 0 Å². The van der Waals surface area contributed by atoms with E-state index in [0.29, 0.717) is 5.69 Å². The third kappa shape index (κ3) is 5.97. The fraction of sp³-hybridized carbons (Fsp3) is 0.238. The molecule has 0 saturated carbocycles. The van der Waals surface area contributed by atoms with Gasteiger partial charge in [-0.1, -0.05) is 37.3 Å². The summed E-state index contributed by atoms with van der Waals surface area (Å²) >= 11 is 0. The Morgan fingerprint density at radius 1 is 1.11 bits per heavy atom. The van der Waals surface area contributed by atoms with Gasteiger partial charge >= 0.3 is 6.18 Å². The highest BCUT2D eigenvalue weighted by Gasteiger charge is 2.30. The minimum atomic E-state index is -4.45. The van der Waals surface area contributed by atoms with Gasteiger partial charge in [0.15, 0.2) is 0 Å². The van der Waals surface area contributed by atoms with Gasteiger partial charge in [-0.2, -0.15) is 13.2 Å². The molecule has 2 rings (SSSR count). The van der Waals surface area contributed by atoms with Gasteiger partial charge in [-0.3, -0.25) is 9.59 Å². The molecule has 0 aliphatic rings. The number of hydrogen-bond donors (Lipinski definition) is 1. The minimum absolute atomic E-state index is 0.177. The van der Waals surface area contributed by atoms with Crippen molar-refractivity contribution < 1.29 is 22.8 Å². The molecule has 0 fully saturated rings. The highest BCUT2D eigenvalue weighted by molar-refractivity contribution is 5.98. The summed E-state index contributed by atoms with van der Waals surface area (Å²) in [6.07, 6.45) is -1.26. The van der Waals surface area contributed by atoms with E-state index in [2.05, 4.69) is 5.32 Å². The third-order valence-corrected chi connectivity index (χ3v) is 4.06. The van der Waals surface area contributed by atoms with Crippen molar-refractivity contribution in [3.05, 3.63) is 71.3 Å². The smallest absolute Gasteiger partial charge is 0.333 e. The highest BCUT2D eigenvalue weighted by Crippen LogP contribution is 2.29. The lowest BCUT2D eigenvalue weighted by atomic mass is 10.1. The number of hydrogen-bond acceptors (Lipinski definition) is 2. The maximum atomic E-state index is 12.7. The van der Waals surface area contributed by atoms with Crippen LogP contribution in [0.1, 0.15) is 23.6 Å².